The van der Waals surface area contributed by atoms with Crippen LogP contribution >= 0.6 is 0 Å². The summed E-state index contributed by atoms with van der Waals surface area (Å²) in [7, 11) is 6.52. The minimum Gasteiger partial charge on any atom is -0.208 e. The lowest BCUT2D eigenvalue weighted by Crippen LogP contribution is -2.06. The minimum atomic E-state index is 0.585. The molecule has 0 amide bonds. The molecule has 0 saturated heterocycles. The van der Waals surface area contributed by atoms with Crippen molar-refractivity contribution in [3.05, 3.63) is 133 Å². The van der Waals surface area contributed by atoms with Gasteiger partial charge in [-0.3, -0.25) is 0 Å². The molecular weight excluding hydrogens is 473 g/mol. The van der Waals surface area contributed by atoms with Crippen molar-refractivity contribution in [3.8, 4) is 45.3 Å². The molecule has 0 unspecified atom stereocenters. The van der Waals surface area contributed by atoms with Gasteiger partial charge in [0.15, 0.2) is 17.5 Å². The Morgan fingerprint density at radius 1 is 0.385 bits per heavy atom. The van der Waals surface area contributed by atoms with E-state index in [1.54, 1.807) is 0 Å². The molecule has 0 fully saturated rings. The van der Waals surface area contributed by atoms with Crippen molar-refractivity contribution >= 4 is 34.9 Å². The molecule has 6 aromatic carbocycles. The van der Waals surface area contributed by atoms with Gasteiger partial charge in [0.05, 0.1) is 0 Å². The van der Waals surface area contributed by atoms with E-state index < -0.39 is 0 Å². The van der Waals surface area contributed by atoms with E-state index in [1.165, 1.54) is 21.5 Å². The van der Waals surface area contributed by atoms with Crippen LogP contribution in [-0.2, 0) is 0 Å². The van der Waals surface area contributed by atoms with Gasteiger partial charge in [-0.1, -0.05) is 127 Å². The fourth-order valence-electron chi connectivity index (χ4n) is 5.17. The number of nitrogens with zero attached hydrogens (tertiary/aromatic N) is 3. The first-order chi connectivity index (χ1) is 19.2. The Labute approximate surface area is 228 Å². The zero-order valence-electron chi connectivity index (χ0n) is 21.1. The van der Waals surface area contributed by atoms with E-state index in [4.69, 9.17) is 22.8 Å². The standard InChI is InChI=1S/C35H22BN3/c36-28-20-26(32-22-25-15-7-8-16-29(25)30-17-9-10-18-31(30)32)19-27(21-28)35-38-33(23-11-3-1-4-12-23)37-34(39-35)24-13-5-2-6-14-24/h1-22H. The number of rotatable bonds is 4. The summed E-state index contributed by atoms with van der Waals surface area (Å²) >= 11 is 0. The number of aromatic nitrogens is 3. The third kappa shape index (κ3) is 4.36. The van der Waals surface area contributed by atoms with Crippen molar-refractivity contribution in [2.45, 2.75) is 0 Å². The highest BCUT2D eigenvalue weighted by atomic mass is 15.0. The smallest absolute Gasteiger partial charge is 0.164 e. The van der Waals surface area contributed by atoms with Gasteiger partial charge in [-0.25, -0.2) is 15.0 Å². The Hall–Kier alpha value is -5.09. The van der Waals surface area contributed by atoms with Crippen molar-refractivity contribution in [1.29, 1.82) is 0 Å². The summed E-state index contributed by atoms with van der Waals surface area (Å²) < 4.78 is 0. The fraction of sp³-hybridized carbons (Fsp3) is 0. The third-order valence-electron chi connectivity index (χ3n) is 6.99. The second-order valence-corrected chi connectivity index (χ2v) is 9.57. The van der Waals surface area contributed by atoms with E-state index in [0.29, 0.717) is 22.9 Å². The van der Waals surface area contributed by atoms with Crippen LogP contribution in [0.4, 0.5) is 0 Å². The normalized spacial score (nSPS) is 11.2. The maximum absolute atomic E-state index is 6.52. The van der Waals surface area contributed by atoms with Gasteiger partial charge in [0.2, 0.25) is 0 Å². The lowest BCUT2D eigenvalue weighted by atomic mass is 9.87. The second-order valence-electron chi connectivity index (χ2n) is 9.57. The van der Waals surface area contributed by atoms with Crippen LogP contribution in [0.2, 0.25) is 0 Å². The van der Waals surface area contributed by atoms with Gasteiger partial charge in [0.1, 0.15) is 7.85 Å². The van der Waals surface area contributed by atoms with Crippen molar-refractivity contribution in [3.63, 3.8) is 0 Å². The first kappa shape index (κ1) is 23.1. The quantitative estimate of drug-likeness (QED) is 0.186. The topological polar surface area (TPSA) is 38.7 Å². The van der Waals surface area contributed by atoms with Crippen LogP contribution in [0.15, 0.2) is 133 Å². The van der Waals surface area contributed by atoms with Crippen LogP contribution in [0.5, 0.6) is 0 Å². The van der Waals surface area contributed by atoms with Gasteiger partial charge in [0.25, 0.3) is 0 Å². The van der Waals surface area contributed by atoms with Crippen molar-refractivity contribution in [2.75, 3.05) is 0 Å². The average molecular weight is 495 g/mol. The summed E-state index contributed by atoms with van der Waals surface area (Å²) in [6.07, 6.45) is 0. The molecule has 0 bridgehead atoms. The molecule has 1 aromatic heterocycles. The molecule has 180 valence electrons. The maximum atomic E-state index is 6.52. The summed E-state index contributed by atoms with van der Waals surface area (Å²) in [6, 6.07) is 45.3. The van der Waals surface area contributed by atoms with Crippen LogP contribution in [0, 0.1) is 0 Å². The Morgan fingerprint density at radius 2 is 0.872 bits per heavy atom. The largest absolute Gasteiger partial charge is 0.208 e. The van der Waals surface area contributed by atoms with Gasteiger partial charge in [-0.15, -0.1) is 0 Å². The average Bonchev–Trinajstić information content (AvgIpc) is 3.01. The molecule has 7 rings (SSSR count). The third-order valence-corrected chi connectivity index (χ3v) is 6.99. The molecule has 2 radical (unpaired) electrons. The number of hydrogen-bond acceptors (Lipinski definition) is 3. The van der Waals surface area contributed by atoms with E-state index >= 15 is 0 Å². The zero-order chi connectivity index (χ0) is 26.2. The van der Waals surface area contributed by atoms with Crippen molar-refractivity contribution in [1.82, 2.24) is 15.0 Å². The lowest BCUT2D eigenvalue weighted by Gasteiger charge is -2.14. The van der Waals surface area contributed by atoms with E-state index in [2.05, 4.69) is 60.7 Å². The lowest BCUT2D eigenvalue weighted by molar-refractivity contribution is 1.07. The molecule has 0 aliphatic heterocycles. The summed E-state index contributed by atoms with van der Waals surface area (Å²) in [5.74, 6) is 1.83. The SMILES string of the molecule is [B]c1cc(-c2nc(-c3ccccc3)nc(-c3ccccc3)n2)cc(-c2cc3ccccc3c3ccccc23)c1. The molecule has 0 N–H and O–H groups in total. The molecule has 7 aromatic rings. The second kappa shape index (κ2) is 9.66. The predicted molar refractivity (Wildman–Crippen MR) is 162 cm³/mol. The van der Waals surface area contributed by atoms with E-state index in [-0.39, 0.29) is 0 Å². The molecule has 0 spiro atoms. The van der Waals surface area contributed by atoms with Gasteiger partial charge < -0.3 is 0 Å². The van der Waals surface area contributed by atoms with E-state index in [1.807, 2.05) is 72.8 Å². The Bertz CT molecular complexity index is 1910. The fourth-order valence-corrected chi connectivity index (χ4v) is 5.17. The van der Waals surface area contributed by atoms with Gasteiger partial charge in [-0.05, 0) is 44.8 Å². The Morgan fingerprint density at radius 3 is 1.51 bits per heavy atom. The number of hydrogen-bond donors (Lipinski definition) is 0. The summed E-state index contributed by atoms with van der Waals surface area (Å²) in [6.45, 7) is 0. The molecule has 0 aliphatic rings. The summed E-state index contributed by atoms with van der Waals surface area (Å²) in [4.78, 5) is 14.6. The number of fused-ring (bicyclic) bond motifs is 3. The van der Waals surface area contributed by atoms with Gasteiger partial charge >= 0.3 is 0 Å². The van der Waals surface area contributed by atoms with E-state index in [9.17, 15) is 0 Å². The molecule has 4 heteroatoms. The van der Waals surface area contributed by atoms with Crippen LogP contribution in [0.3, 0.4) is 0 Å². The Balaban J connectivity index is 1.45. The molecule has 1 heterocycles. The molecular formula is C35H22BN3. The number of benzene rings is 6. The predicted octanol–water partition coefficient (Wildman–Crippen LogP) is 7.64. The van der Waals surface area contributed by atoms with Crippen molar-refractivity contribution < 1.29 is 0 Å². The molecule has 39 heavy (non-hydrogen) atoms. The first-order valence-corrected chi connectivity index (χ1v) is 12.9. The van der Waals surface area contributed by atoms with Crippen LogP contribution < -0.4 is 5.46 Å². The molecule has 0 saturated carbocycles. The van der Waals surface area contributed by atoms with Crippen molar-refractivity contribution in [2.24, 2.45) is 0 Å². The van der Waals surface area contributed by atoms with E-state index in [0.717, 1.165) is 27.8 Å². The van der Waals surface area contributed by atoms with Gasteiger partial charge in [0, 0.05) is 16.7 Å². The minimum absolute atomic E-state index is 0.585. The Kier molecular flexibility index (Phi) is 5.71. The highest BCUT2D eigenvalue weighted by Crippen LogP contribution is 2.36. The monoisotopic (exact) mass is 495 g/mol. The molecule has 0 aliphatic carbocycles. The summed E-state index contributed by atoms with van der Waals surface area (Å²) in [5, 5.41) is 4.82. The first-order valence-electron chi connectivity index (χ1n) is 12.9. The van der Waals surface area contributed by atoms with Gasteiger partial charge in [-0.2, -0.15) is 0 Å². The molecule has 3 nitrogen and oxygen atoms in total. The highest BCUT2D eigenvalue weighted by Gasteiger charge is 2.15. The van der Waals surface area contributed by atoms with Crippen LogP contribution in [-0.4, -0.2) is 22.8 Å². The highest BCUT2D eigenvalue weighted by molar-refractivity contribution is 6.33. The summed E-state index contributed by atoms with van der Waals surface area (Å²) in [5.41, 5.74) is 5.51. The van der Waals surface area contributed by atoms with Crippen LogP contribution in [0.25, 0.3) is 66.8 Å². The zero-order valence-corrected chi connectivity index (χ0v) is 21.1. The van der Waals surface area contributed by atoms with Crippen LogP contribution in [0.1, 0.15) is 0 Å². The molecule has 0 atom stereocenters. The maximum Gasteiger partial charge on any atom is 0.164 e.